The van der Waals surface area contributed by atoms with Crippen LogP contribution >= 0.6 is 0 Å². The Morgan fingerprint density at radius 2 is 1.80 bits per heavy atom. The summed E-state index contributed by atoms with van der Waals surface area (Å²) in [6.45, 7) is 1.86. The molecule has 3 rings (SSSR count). The molecule has 100 valence electrons. The number of aliphatic hydroxyl groups is 1. The Kier molecular flexibility index (Phi) is 3.25. The van der Waals surface area contributed by atoms with Gasteiger partial charge in [-0.3, -0.25) is 4.98 Å². The van der Waals surface area contributed by atoms with Gasteiger partial charge in [0, 0.05) is 18.0 Å². The second kappa shape index (κ2) is 5.06. The molecule has 0 amide bonds. The van der Waals surface area contributed by atoms with E-state index in [1.165, 1.54) is 0 Å². The minimum Gasteiger partial charge on any atom is -0.385 e. The molecule has 2 nitrogen and oxygen atoms in total. The van der Waals surface area contributed by atoms with Crippen molar-refractivity contribution in [2.24, 2.45) is 0 Å². The van der Waals surface area contributed by atoms with Crippen LogP contribution in [0.15, 0.2) is 66.9 Å². The van der Waals surface area contributed by atoms with Crippen LogP contribution in [0.25, 0.3) is 10.9 Å². The van der Waals surface area contributed by atoms with E-state index in [0.29, 0.717) is 6.42 Å². The third-order valence-corrected chi connectivity index (χ3v) is 3.62. The number of rotatable bonds is 3. The lowest BCUT2D eigenvalue weighted by molar-refractivity contribution is 0.0577. The summed E-state index contributed by atoms with van der Waals surface area (Å²) in [4.78, 5) is 4.31. The van der Waals surface area contributed by atoms with E-state index in [0.717, 1.165) is 22.0 Å². The van der Waals surface area contributed by atoms with Gasteiger partial charge in [0.25, 0.3) is 0 Å². The van der Waals surface area contributed by atoms with Gasteiger partial charge in [0.05, 0.1) is 11.1 Å². The van der Waals surface area contributed by atoms with Crippen molar-refractivity contribution in [1.29, 1.82) is 0 Å². The Bertz CT molecular complexity index is 720. The largest absolute Gasteiger partial charge is 0.385 e. The monoisotopic (exact) mass is 263 g/mol. The molecule has 0 fully saturated rings. The summed E-state index contributed by atoms with van der Waals surface area (Å²) in [5.74, 6) is 0. The first kappa shape index (κ1) is 12.8. The van der Waals surface area contributed by atoms with E-state index in [2.05, 4.69) is 4.98 Å². The lowest BCUT2D eigenvalue weighted by atomic mass is 9.88. The molecule has 0 aliphatic heterocycles. The molecule has 0 bridgehead atoms. The molecular formula is C18H17NO. The average molecular weight is 263 g/mol. The highest BCUT2D eigenvalue weighted by Gasteiger charge is 2.23. The van der Waals surface area contributed by atoms with Gasteiger partial charge in [-0.25, -0.2) is 0 Å². The second-order valence-corrected chi connectivity index (χ2v) is 5.35. The number of aromatic nitrogens is 1. The number of fused-ring (bicyclic) bond motifs is 1. The van der Waals surface area contributed by atoms with Crippen molar-refractivity contribution < 1.29 is 5.11 Å². The number of pyridine rings is 1. The van der Waals surface area contributed by atoms with Crippen molar-refractivity contribution >= 4 is 10.9 Å². The molecule has 0 spiro atoms. The molecule has 0 aliphatic rings. The van der Waals surface area contributed by atoms with Crippen LogP contribution in [0.4, 0.5) is 0 Å². The molecule has 0 saturated carbocycles. The highest BCUT2D eigenvalue weighted by Crippen LogP contribution is 2.27. The molecule has 20 heavy (non-hydrogen) atoms. The van der Waals surface area contributed by atoms with Crippen LogP contribution in [-0.4, -0.2) is 10.1 Å². The minimum absolute atomic E-state index is 0.597. The van der Waals surface area contributed by atoms with Crippen LogP contribution in [0, 0.1) is 0 Å². The van der Waals surface area contributed by atoms with Crippen molar-refractivity contribution in [2.45, 2.75) is 18.9 Å². The maximum atomic E-state index is 10.8. The molecule has 3 aromatic rings. The van der Waals surface area contributed by atoms with Gasteiger partial charge in [-0.05, 0) is 36.2 Å². The van der Waals surface area contributed by atoms with E-state index >= 15 is 0 Å². The molecule has 1 unspecified atom stereocenters. The lowest BCUT2D eigenvalue weighted by Gasteiger charge is -2.24. The van der Waals surface area contributed by atoms with Crippen molar-refractivity contribution in [1.82, 2.24) is 4.98 Å². The summed E-state index contributed by atoms with van der Waals surface area (Å²) >= 11 is 0. The number of benzene rings is 2. The first-order valence-corrected chi connectivity index (χ1v) is 6.77. The summed E-state index contributed by atoms with van der Waals surface area (Å²) in [7, 11) is 0. The normalized spacial score (nSPS) is 14.1. The van der Waals surface area contributed by atoms with Crippen LogP contribution in [0.2, 0.25) is 0 Å². The lowest BCUT2D eigenvalue weighted by Crippen LogP contribution is -2.24. The quantitative estimate of drug-likeness (QED) is 0.782. The van der Waals surface area contributed by atoms with Gasteiger partial charge in [-0.1, -0.05) is 42.5 Å². The van der Waals surface area contributed by atoms with Crippen molar-refractivity contribution in [2.75, 3.05) is 0 Å². The van der Waals surface area contributed by atoms with Crippen LogP contribution in [0.5, 0.6) is 0 Å². The van der Waals surface area contributed by atoms with Crippen LogP contribution in [0.3, 0.4) is 0 Å². The fourth-order valence-electron chi connectivity index (χ4n) is 2.51. The Labute approximate surface area is 118 Å². The molecule has 0 saturated heterocycles. The van der Waals surface area contributed by atoms with E-state index in [1.807, 2.05) is 67.6 Å². The van der Waals surface area contributed by atoms with Gasteiger partial charge in [-0.15, -0.1) is 0 Å². The molecule has 1 aromatic heterocycles. The molecule has 1 atom stereocenters. The zero-order valence-corrected chi connectivity index (χ0v) is 11.5. The average Bonchev–Trinajstić information content (AvgIpc) is 2.47. The Balaban J connectivity index is 1.96. The van der Waals surface area contributed by atoms with E-state index in [4.69, 9.17) is 0 Å². The maximum Gasteiger partial charge on any atom is 0.0908 e. The standard InChI is InChI=1S/C18H17NO/c1-18(20,13-14-6-3-2-4-7-14)16-9-10-17-15(12-16)8-5-11-19-17/h2-12,20H,13H2,1H3. The van der Waals surface area contributed by atoms with Gasteiger partial charge in [0.15, 0.2) is 0 Å². The van der Waals surface area contributed by atoms with E-state index in [-0.39, 0.29) is 0 Å². The Hall–Kier alpha value is -2.19. The van der Waals surface area contributed by atoms with E-state index < -0.39 is 5.60 Å². The molecule has 1 heterocycles. The van der Waals surface area contributed by atoms with Gasteiger partial charge in [0.1, 0.15) is 0 Å². The molecule has 0 radical (unpaired) electrons. The topological polar surface area (TPSA) is 33.1 Å². The van der Waals surface area contributed by atoms with Crippen molar-refractivity contribution in [3.05, 3.63) is 78.0 Å². The van der Waals surface area contributed by atoms with E-state index in [1.54, 1.807) is 6.20 Å². The molecular weight excluding hydrogens is 246 g/mol. The SMILES string of the molecule is CC(O)(Cc1ccccc1)c1ccc2ncccc2c1. The van der Waals surface area contributed by atoms with Crippen molar-refractivity contribution in [3.8, 4) is 0 Å². The summed E-state index contributed by atoms with van der Waals surface area (Å²) in [5, 5.41) is 11.8. The van der Waals surface area contributed by atoms with Gasteiger partial charge in [0.2, 0.25) is 0 Å². The van der Waals surface area contributed by atoms with Gasteiger partial charge >= 0.3 is 0 Å². The Morgan fingerprint density at radius 1 is 1.00 bits per heavy atom. The highest BCUT2D eigenvalue weighted by atomic mass is 16.3. The molecule has 1 N–H and O–H groups in total. The Morgan fingerprint density at radius 3 is 2.60 bits per heavy atom. The smallest absolute Gasteiger partial charge is 0.0908 e. The van der Waals surface area contributed by atoms with Crippen molar-refractivity contribution in [3.63, 3.8) is 0 Å². The van der Waals surface area contributed by atoms with Gasteiger partial charge < -0.3 is 5.11 Å². The predicted octanol–water partition coefficient (Wildman–Crippen LogP) is 3.69. The molecule has 2 heteroatoms. The highest BCUT2D eigenvalue weighted by molar-refractivity contribution is 5.79. The fraction of sp³-hybridized carbons (Fsp3) is 0.167. The summed E-state index contributed by atoms with van der Waals surface area (Å²) in [5.41, 5.74) is 2.11. The van der Waals surface area contributed by atoms with Crippen LogP contribution < -0.4 is 0 Å². The number of hydrogen-bond acceptors (Lipinski definition) is 2. The molecule has 2 aromatic carbocycles. The van der Waals surface area contributed by atoms with E-state index in [9.17, 15) is 5.11 Å². The molecule has 0 aliphatic carbocycles. The number of hydrogen-bond donors (Lipinski definition) is 1. The first-order chi connectivity index (χ1) is 9.65. The fourth-order valence-corrected chi connectivity index (χ4v) is 2.51. The van der Waals surface area contributed by atoms with Crippen LogP contribution in [-0.2, 0) is 12.0 Å². The van der Waals surface area contributed by atoms with Crippen LogP contribution in [0.1, 0.15) is 18.1 Å². The summed E-state index contributed by atoms with van der Waals surface area (Å²) in [6, 6.07) is 19.9. The predicted molar refractivity (Wildman–Crippen MR) is 81.5 cm³/mol. The minimum atomic E-state index is -0.884. The first-order valence-electron chi connectivity index (χ1n) is 6.77. The zero-order chi connectivity index (χ0) is 14.0. The number of nitrogens with zero attached hydrogens (tertiary/aromatic N) is 1. The second-order valence-electron chi connectivity index (χ2n) is 5.35. The maximum absolute atomic E-state index is 10.8. The summed E-state index contributed by atoms with van der Waals surface area (Å²) in [6.07, 6.45) is 2.38. The van der Waals surface area contributed by atoms with Gasteiger partial charge in [-0.2, -0.15) is 0 Å². The third-order valence-electron chi connectivity index (χ3n) is 3.62. The third kappa shape index (κ3) is 2.56. The summed E-state index contributed by atoms with van der Waals surface area (Å²) < 4.78 is 0. The zero-order valence-electron chi connectivity index (χ0n) is 11.5.